The molecule has 12 heteroatoms. The number of amides is 4. The third-order valence-electron chi connectivity index (χ3n) is 5.44. The van der Waals surface area contributed by atoms with Gasteiger partial charge >= 0.3 is 6.03 Å². The summed E-state index contributed by atoms with van der Waals surface area (Å²) in [6.45, 7) is -1.27. The van der Waals surface area contributed by atoms with Crippen molar-refractivity contribution in [2.75, 3.05) is 13.2 Å². The van der Waals surface area contributed by atoms with Crippen LogP contribution < -0.4 is 10.6 Å². The molecule has 1 unspecified atom stereocenters. The molecule has 1 aliphatic rings. The molecule has 1 fully saturated rings. The molecule has 4 rings (SSSR count). The summed E-state index contributed by atoms with van der Waals surface area (Å²) >= 11 is 5.99. The molecular weight excluding hydrogens is 486 g/mol. The summed E-state index contributed by atoms with van der Waals surface area (Å²) in [5.41, 5.74) is 0.891. The number of aromatic amines is 1. The van der Waals surface area contributed by atoms with Crippen LogP contribution in [0.4, 0.5) is 13.6 Å². The molecule has 35 heavy (non-hydrogen) atoms. The van der Waals surface area contributed by atoms with Gasteiger partial charge in [0.2, 0.25) is 5.91 Å². The Balaban J connectivity index is 1.73. The van der Waals surface area contributed by atoms with Gasteiger partial charge in [-0.15, -0.1) is 0 Å². The normalized spacial score (nSPS) is 15.8. The standard InChI is InChI=1S/C23H19ClF2N4O5/c24-13-2-3-15-12(8-27-18(15)7-13)6-19-22(34)30(23(35)29-19)20(21(33)28-14(9-31)10-32)11-1-4-16(25)17(26)5-11/h1-8,14,20,27,31-32H,9-10H2,(H,28,33)(H,29,35)/b19-6-. The zero-order valence-corrected chi connectivity index (χ0v) is 18.6. The second kappa shape index (κ2) is 9.82. The van der Waals surface area contributed by atoms with Crippen molar-refractivity contribution in [3.63, 3.8) is 0 Å². The quantitative estimate of drug-likeness (QED) is 0.248. The summed E-state index contributed by atoms with van der Waals surface area (Å²) < 4.78 is 27.5. The number of rotatable bonds is 7. The van der Waals surface area contributed by atoms with Crippen molar-refractivity contribution in [3.05, 3.63) is 76.1 Å². The topological polar surface area (TPSA) is 135 Å². The Kier molecular flexibility index (Phi) is 6.83. The van der Waals surface area contributed by atoms with Crippen molar-refractivity contribution in [2.24, 2.45) is 0 Å². The van der Waals surface area contributed by atoms with E-state index in [1.54, 1.807) is 24.4 Å². The van der Waals surface area contributed by atoms with Gasteiger partial charge in [-0.1, -0.05) is 23.7 Å². The predicted octanol–water partition coefficient (Wildman–Crippen LogP) is 2.20. The number of H-pyrrole nitrogens is 1. The zero-order chi connectivity index (χ0) is 25.3. The van der Waals surface area contributed by atoms with Crippen molar-refractivity contribution in [2.45, 2.75) is 12.1 Å². The summed E-state index contributed by atoms with van der Waals surface area (Å²) in [6.07, 6.45) is 3.00. The Hall–Kier alpha value is -3.80. The lowest BCUT2D eigenvalue weighted by Crippen LogP contribution is -2.48. The second-order valence-corrected chi connectivity index (χ2v) is 8.18. The maximum Gasteiger partial charge on any atom is 0.330 e. The lowest BCUT2D eigenvalue weighted by atomic mass is 10.0. The van der Waals surface area contributed by atoms with Crippen LogP contribution in [0.25, 0.3) is 17.0 Å². The van der Waals surface area contributed by atoms with Gasteiger partial charge in [0.05, 0.1) is 19.3 Å². The number of carbonyl (C=O) groups is 3. The van der Waals surface area contributed by atoms with E-state index >= 15 is 0 Å². The van der Waals surface area contributed by atoms with Crippen molar-refractivity contribution >= 4 is 46.4 Å². The molecule has 0 saturated carbocycles. The third kappa shape index (κ3) is 4.74. The van der Waals surface area contributed by atoms with E-state index in [4.69, 9.17) is 11.6 Å². The molecule has 0 aliphatic carbocycles. The van der Waals surface area contributed by atoms with E-state index in [0.29, 0.717) is 32.5 Å². The summed E-state index contributed by atoms with van der Waals surface area (Å²) in [7, 11) is 0. The first-order chi connectivity index (χ1) is 16.7. The van der Waals surface area contributed by atoms with Gasteiger partial charge in [0, 0.05) is 27.7 Å². The van der Waals surface area contributed by atoms with Crippen LogP contribution in [0.2, 0.25) is 5.02 Å². The molecule has 1 aliphatic heterocycles. The number of hydrogen-bond acceptors (Lipinski definition) is 5. The minimum absolute atomic E-state index is 0.160. The minimum Gasteiger partial charge on any atom is -0.394 e. The molecule has 1 aromatic heterocycles. The number of halogens is 3. The van der Waals surface area contributed by atoms with E-state index in [9.17, 15) is 33.4 Å². The lowest BCUT2D eigenvalue weighted by molar-refractivity contribution is -0.134. The number of imide groups is 1. The van der Waals surface area contributed by atoms with Crippen molar-refractivity contribution in [1.82, 2.24) is 20.5 Å². The molecule has 0 bridgehead atoms. The molecule has 2 aromatic carbocycles. The molecular formula is C23H19ClF2N4O5. The summed E-state index contributed by atoms with van der Waals surface area (Å²) in [4.78, 5) is 42.6. The number of aliphatic hydroxyl groups excluding tert-OH is 2. The Morgan fingerprint density at radius 1 is 1.11 bits per heavy atom. The summed E-state index contributed by atoms with van der Waals surface area (Å²) in [5, 5.41) is 24.5. The summed E-state index contributed by atoms with van der Waals surface area (Å²) in [6, 6.07) is 3.77. The highest BCUT2D eigenvalue weighted by Crippen LogP contribution is 2.30. The lowest BCUT2D eigenvalue weighted by Gasteiger charge is -2.26. The Bertz CT molecular complexity index is 1350. The average molecular weight is 505 g/mol. The van der Waals surface area contributed by atoms with E-state index in [-0.39, 0.29) is 11.3 Å². The monoisotopic (exact) mass is 504 g/mol. The van der Waals surface area contributed by atoms with Gasteiger partial charge in [0.25, 0.3) is 5.91 Å². The van der Waals surface area contributed by atoms with Crippen molar-refractivity contribution < 1.29 is 33.4 Å². The zero-order valence-electron chi connectivity index (χ0n) is 17.9. The number of urea groups is 1. The van der Waals surface area contributed by atoms with Crippen LogP contribution in [-0.2, 0) is 9.59 Å². The fraction of sp³-hybridized carbons (Fsp3) is 0.174. The number of fused-ring (bicyclic) bond motifs is 1. The molecule has 182 valence electrons. The fourth-order valence-electron chi connectivity index (χ4n) is 3.71. The first-order valence-electron chi connectivity index (χ1n) is 10.3. The first kappa shape index (κ1) is 24.3. The Morgan fingerprint density at radius 3 is 2.54 bits per heavy atom. The fourth-order valence-corrected chi connectivity index (χ4v) is 3.88. The highest BCUT2D eigenvalue weighted by atomic mass is 35.5. The van der Waals surface area contributed by atoms with Gasteiger partial charge in [-0.2, -0.15) is 0 Å². The maximum absolute atomic E-state index is 14.0. The van der Waals surface area contributed by atoms with Gasteiger partial charge in [-0.05, 0) is 35.9 Å². The van der Waals surface area contributed by atoms with Gasteiger partial charge < -0.3 is 25.8 Å². The Morgan fingerprint density at radius 2 is 1.86 bits per heavy atom. The molecule has 9 nitrogen and oxygen atoms in total. The highest BCUT2D eigenvalue weighted by Gasteiger charge is 2.43. The molecule has 1 saturated heterocycles. The van der Waals surface area contributed by atoms with E-state index in [1.807, 2.05) is 0 Å². The summed E-state index contributed by atoms with van der Waals surface area (Å²) in [5.74, 6) is -4.36. The number of nitrogens with one attached hydrogen (secondary N) is 3. The number of carbonyl (C=O) groups excluding carboxylic acids is 3. The molecule has 5 N–H and O–H groups in total. The first-order valence-corrected chi connectivity index (χ1v) is 10.7. The van der Waals surface area contributed by atoms with Gasteiger partial charge in [0.15, 0.2) is 11.6 Å². The minimum atomic E-state index is -1.72. The smallest absolute Gasteiger partial charge is 0.330 e. The molecule has 2 heterocycles. The van der Waals surface area contributed by atoms with Crippen LogP contribution in [-0.4, -0.2) is 57.2 Å². The third-order valence-corrected chi connectivity index (χ3v) is 5.67. The van der Waals surface area contributed by atoms with Crippen LogP contribution in [0.15, 0.2) is 48.3 Å². The van der Waals surface area contributed by atoms with Crippen molar-refractivity contribution in [1.29, 1.82) is 0 Å². The molecule has 4 amide bonds. The van der Waals surface area contributed by atoms with E-state index in [1.165, 1.54) is 6.08 Å². The number of nitrogens with zero attached hydrogens (tertiary/aromatic N) is 1. The van der Waals surface area contributed by atoms with E-state index in [0.717, 1.165) is 12.1 Å². The molecule has 0 spiro atoms. The predicted molar refractivity (Wildman–Crippen MR) is 122 cm³/mol. The van der Waals surface area contributed by atoms with Crippen LogP contribution in [0.5, 0.6) is 0 Å². The maximum atomic E-state index is 14.0. The van der Waals surface area contributed by atoms with Crippen molar-refractivity contribution in [3.8, 4) is 0 Å². The van der Waals surface area contributed by atoms with E-state index < -0.39 is 54.8 Å². The van der Waals surface area contributed by atoms with Crippen LogP contribution in [0, 0.1) is 11.6 Å². The molecule has 0 radical (unpaired) electrons. The van der Waals surface area contributed by atoms with Crippen LogP contribution >= 0.6 is 11.6 Å². The molecule has 3 aromatic rings. The Labute approximate surface area is 202 Å². The van der Waals surface area contributed by atoms with Gasteiger partial charge in [-0.25, -0.2) is 18.5 Å². The number of benzene rings is 2. The SMILES string of the molecule is O=C(NC(CO)CO)C(c1ccc(F)c(F)c1)N1C(=O)N/C(=C\c2c[nH]c3cc(Cl)ccc23)C1=O. The highest BCUT2D eigenvalue weighted by molar-refractivity contribution is 6.31. The largest absolute Gasteiger partial charge is 0.394 e. The van der Waals surface area contributed by atoms with Gasteiger partial charge in [0.1, 0.15) is 11.7 Å². The van der Waals surface area contributed by atoms with Crippen LogP contribution in [0.1, 0.15) is 17.2 Å². The average Bonchev–Trinajstić information content (AvgIpc) is 3.35. The second-order valence-electron chi connectivity index (χ2n) is 7.74. The van der Waals surface area contributed by atoms with E-state index in [2.05, 4.69) is 15.6 Å². The number of aromatic nitrogens is 1. The number of aliphatic hydroxyl groups is 2. The van der Waals surface area contributed by atoms with Gasteiger partial charge in [-0.3, -0.25) is 9.59 Å². The van der Waals surface area contributed by atoms with Crippen LogP contribution in [0.3, 0.4) is 0 Å². The number of hydrogen-bond donors (Lipinski definition) is 5. The molecule has 1 atom stereocenters.